The van der Waals surface area contributed by atoms with Crippen LogP contribution in [0.25, 0.3) is 0 Å². The largest absolute Gasteiger partial charge is 0.497 e. The van der Waals surface area contributed by atoms with Gasteiger partial charge in [-0.15, -0.1) is 0 Å². The molecule has 4 aromatic rings. The Morgan fingerprint density at radius 2 is 1.57 bits per heavy atom. The normalized spacial score (nSPS) is 11.8. The van der Waals surface area contributed by atoms with Crippen molar-refractivity contribution in [3.8, 4) is 5.75 Å². The molecular formula is C34H36BrN3O5S. The number of hydrogen-bond donors (Lipinski definition) is 1. The summed E-state index contributed by atoms with van der Waals surface area (Å²) in [6, 6.07) is 29.0. The molecule has 0 aliphatic carbocycles. The summed E-state index contributed by atoms with van der Waals surface area (Å²) in [5.41, 5.74) is 2.81. The van der Waals surface area contributed by atoms with E-state index < -0.39 is 28.5 Å². The molecule has 0 aliphatic heterocycles. The van der Waals surface area contributed by atoms with E-state index in [1.807, 2.05) is 68.4 Å². The minimum Gasteiger partial charge on any atom is -0.497 e. The fraction of sp³-hybridized carbons (Fsp3) is 0.235. The van der Waals surface area contributed by atoms with Gasteiger partial charge in [0.15, 0.2) is 0 Å². The Balaban J connectivity index is 1.81. The van der Waals surface area contributed by atoms with Crippen molar-refractivity contribution in [2.75, 3.05) is 24.5 Å². The number of nitrogens with one attached hydrogen (secondary N) is 1. The maximum atomic E-state index is 14.4. The molecule has 0 bridgehead atoms. The van der Waals surface area contributed by atoms with E-state index in [-0.39, 0.29) is 29.5 Å². The second-order valence-corrected chi connectivity index (χ2v) is 13.1. The number of anilines is 1. The van der Waals surface area contributed by atoms with Crippen LogP contribution in [0.5, 0.6) is 5.75 Å². The molecule has 2 amide bonds. The quantitative estimate of drug-likeness (QED) is 0.195. The molecule has 44 heavy (non-hydrogen) atoms. The third-order valence-corrected chi connectivity index (χ3v) is 9.37. The van der Waals surface area contributed by atoms with E-state index in [9.17, 15) is 18.0 Å². The number of sulfonamides is 1. The Morgan fingerprint density at radius 3 is 2.23 bits per heavy atom. The van der Waals surface area contributed by atoms with Gasteiger partial charge in [-0.2, -0.15) is 0 Å². The number of carbonyl (C=O) groups excluding carboxylic acids is 2. The molecule has 0 aliphatic rings. The summed E-state index contributed by atoms with van der Waals surface area (Å²) in [5.74, 6) is -0.418. The first-order chi connectivity index (χ1) is 21.1. The topological polar surface area (TPSA) is 96.0 Å². The molecule has 4 aromatic carbocycles. The second kappa shape index (κ2) is 15.0. The number of nitrogens with zero attached hydrogens (tertiary/aromatic N) is 2. The zero-order valence-corrected chi connectivity index (χ0v) is 27.3. The van der Waals surface area contributed by atoms with Gasteiger partial charge in [-0.05, 0) is 61.4 Å². The lowest BCUT2D eigenvalue weighted by atomic mass is 10.0. The number of halogens is 1. The molecule has 230 valence electrons. The van der Waals surface area contributed by atoms with Crippen molar-refractivity contribution in [1.29, 1.82) is 0 Å². The van der Waals surface area contributed by atoms with Gasteiger partial charge in [0.25, 0.3) is 10.0 Å². The van der Waals surface area contributed by atoms with Crippen LogP contribution in [0, 0.1) is 6.92 Å². The number of likely N-dealkylation sites (N-methyl/N-ethyl adjacent to an activating group) is 1. The van der Waals surface area contributed by atoms with E-state index in [0.29, 0.717) is 12.3 Å². The predicted molar refractivity (Wildman–Crippen MR) is 176 cm³/mol. The maximum Gasteiger partial charge on any atom is 0.264 e. The molecule has 0 radical (unpaired) electrons. The number of rotatable bonds is 13. The molecule has 0 fully saturated rings. The molecule has 4 rings (SSSR count). The van der Waals surface area contributed by atoms with Crippen LogP contribution in [0.1, 0.15) is 23.6 Å². The van der Waals surface area contributed by atoms with Gasteiger partial charge in [-0.3, -0.25) is 13.9 Å². The van der Waals surface area contributed by atoms with Gasteiger partial charge in [0.2, 0.25) is 11.8 Å². The van der Waals surface area contributed by atoms with Gasteiger partial charge < -0.3 is 15.0 Å². The molecule has 10 heteroatoms. The molecule has 1 atom stereocenters. The third-order valence-electron chi connectivity index (χ3n) is 7.09. The van der Waals surface area contributed by atoms with E-state index in [1.165, 1.54) is 24.1 Å². The van der Waals surface area contributed by atoms with Crippen molar-refractivity contribution in [3.05, 3.63) is 124 Å². The van der Waals surface area contributed by atoms with E-state index in [1.54, 1.807) is 36.4 Å². The molecule has 0 saturated heterocycles. The first-order valence-corrected chi connectivity index (χ1v) is 16.4. The molecule has 1 N–H and O–H groups in total. The molecule has 0 aromatic heterocycles. The third kappa shape index (κ3) is 8.27. The van der Waals surface area contributed by atoms with Gasteiger partial charge >= 0.3 is 0 Å². The highest BCUT2D eigenvalue weighted by Crippen LogP contribution is 2.28. The smallest absolute Gasteiger partial charge is 0.264 e. The SMILES string of the molecule is CCNC(=O)[C@@H](Cc1ccccc1)N(Cc1cccc(Br)c1)C(=O)CN(c1cccc(OC)c1)S(=O)(=O)c1ccc(C)cc1. The van der Waals surface area contributed by atoms with Crippen LogP contribution in [0.15, 0.2) is 112 Å². The number of aryl methyl sites for hydroxylation is 1. The van der Waals surface area contributed by atoms with Gasteiger partial charge in [0.1, 0.15) is 18.3 Å². The van der Waals surface area contributed by atoms with E-state index in [2.05, 4.69) is 21.2 Å². The summed E-state index contributed by atoms with van der Waals surface area (Å²) in [5, 5.41) is 2.87. The lowest BCUT2D eigenvalue weighted by Crippen LogP contribution is -2.53. The van der Waals surface area contributed by atoms with Crippen LogP contribution in [0.2, 0.25) is 0 Å². The van der Waals surface area contributed by atoms with Crippen LogP contribution in [0.4, 0.5) is 5.69 Å². The van der Waals surface area contributed by atoms with Crippen LogP contribution in [-0.2, 0) is 32.6 Å². The molecule has 0 saturated carbocycles. The summed E-state index contributed by atoms with van der Waals surface area (Å²) in [6.45, 7) is 3.61. The number of methoxy groups -OCH3 is 1. The van der Waals surface area contributed by atoms with Crippen molar-refractivity contribution in [2.24, 2.45) is 0 Å². The highest BCUT2D eigenvalue weighted by molar-refractivity contribution is 9.10. The standard InChI is InChI=1S/C34H36BrN3O5S/c1-4-36-34(40)32(21-26-10-6-5-7-11-26)37(23-27-12-8-13-28(35)20-27)33(39)24-38(29-14-9-15-30(22-29)43-3)44(41,42)31-18-16-25(2)17-19-31/h5-20,22,32H,4,21,23-24H2,1-3H3,(H,36,40)/t32-/m1/s1. The Bertz CT molecular complexity index is 1680. The minimum absolute atomic E-state index is 0.0434. The van der Waals surface area contributed by atoms with Crippen molar-refractivity contribution >= 4 is 43.5 Å². The Kier molecular flexibility index (Phi) is 11.2. The Morgan fingerprint density at radius 1 is 0.886 bits per heavy atom. The predicted octanol–water partition coefficient (Wildman–Crippen LogP) is 5.74. The fourth-order valence-corrected chi connectivity index (χ4v) is 6.66. The van der Waals surface area contributed by atoms with Crippen molar-refractivity contribution in [2.45, 2.75) is 37.8 Å². The van der Waals surface area contributed by atoms with Gasteiger partial charge in [-0.1, -0.05) is 82.2 Å². The Hall–Kier alpha value is -4.15. The van der Waals surface area contributed by atoms with Crippen molar-refractivity contribution < 1.29 is 22.7 Å². The van der Waals surface area contributed by atoms with Crippen LogP contribution in [0.3, 0.4) is 0 Å². The highest BCUT2D eigenvalue weighted by Gasteiger charge is 2.34. The average molecular weight is 679 g/mol. The maximum absolute atomic E-state index is 14.4. The Labute approximate surface area is 267 Å². The molecular weight excluding hydrogens is 642 g/mol. The van der Waals surface area contributed by atoms with Crippen LogP contribution < -0.4 is 14.4 Å². The van der Waals surface area contributed by atoms with Crippen molar-refractivity contribution in [3.63, 3.8) is 0 Å². The fourth-order valence-electron chi connectivity index (χ4n) is 4.81. The van der Waals surface area contributed by atoms with E-state index in [0.717, 1.165) is 25.5 Å². The number of carbonyl (C=O) groups is 2. The van der Waals surface area contributed by atoms with Gasteiger partial charge in [0.05, 0.1) is 17.7 Å². The average Bonchev–Trinajstić information content (AvgIpc) is 3.02. The van der Waals surface area contributed by atoms with Gasteiger partial charge in [-0.25, -0.2) is 8.42 Å². The summed E-state index contributed by atoms with van der Waals surface area (Å²) < 4.78 is 35.5. The molecule has 0 heterocycles. The lowest BCUT2D eigenvalue weighted by Gasteiger charge is -2.34. The van der Waals surface area contributed by atoms with Crippen molar-refractivity contribution in [1.82, 2.24) is 10.2 Å². The summed E-state index contributed by atoms with van der Waals surface area (Å²) >= 11 is 3.49. The summed E-state index contributed by atoms with van der Waals surface area (Å²) in [4.78, 5) is 29.5. The molecule has 0 spiro atoms. The highest BCUT2D eigenvalue weighted by atomic mass is 79.9. The first-order valence-electron chi connectivity index (χ1n) is 14.2. The number of ether oxygens (including phenoxy) is 1. The van der Waals surface area contributed by atoms with E-state index >= 15 is 0 Å². The summed E-state index contributed by atoms with van der Waals surface area (Å²) in [7, 11) is -2.71. The van der Waals surface area contributed by atoms with Crippen LogP contribution >= 0.6 is 15.9 Å². The zero-order valence-electron chi connectivity index (χ0n) is 24.9. The van der Waals surface area contributed by atoms with Crippen LogP contribution in [-0.4, -0.2) is 51.4 Å². The number of hydrogen-bond acceptors (Lipinski definition) is 5. The zero-order chi connectivity index (χ0) is 31.7. The monoisotopic (exact) mass is 677 g/mol. The second-order valence-electron chi connectivity index (χ2n) is 10.3. The minimum atomic E-state index is -4.20. The van der Waals surface area contributed by atoms with Gasteiger partial charge in [0, 0.05) is 30.0 Å². The first kappa shape index (κ1) is 32.8. The number of amides is 2. The number of benzene rings is 4. The lowest BCUT2D eigenvalue weighted by molar-refractivity contribution is -0.140. The molecule has 0 unspecified atom stereocenters. The van der Waals surface area contributed by atoms with E-state index in [4.69, 9.17) is 4.74 Å². The molecule has 8 nitrogen and oxygen atoms in total. The summed E-state index contributed by atoms with van der Waals surface area (Å²) in [6.07, 6.45) is 0.246.